The second-order valence-corrected chi connectivity index (χ2v) is 4.84. The van der Waals surface area contributed by atoms with E-state index in [-0.39, 0.29) is 12.5 Å². The predicted octanol–water partition coefficient (Wildman–Crippen LogP) is 1.74. The Balaban J connectivity index is 2.34. The van der Waals surface area contributed by atoms with E-state index in [1.54, 1.807) is 17.8 Å². The monoisotopic (exact) mass is 261 g/mol. The van der Waals surface area contributed by atoms with Crippen molar-refractivity contribution in [1.29, 1.82) is 0 Å². The van der Waals surface area contributed by atoms with Gasteiger partial charge in [-0.3, -0.25) is 0 Å². The van der Waals surface area contributed by atoms with Crippen molar-refractivity contribution in [3.63, 3.8) is 0 Å². The molecular formula is C13H15N3OS. The number of nitrogens with two attached hydrogens (primary N) is 2. The summed E-state index contributed by atoms with van der Waals surface area (Å²) in [6.45, 7) is 0.395. The number of allylic oxidation sites excluding steroid dienone is 2. The average molecular weight is 261 g/mol. The van der Waals surface area contributed by atoms with E-state index in [2.05, 4.69) is 10.9 Å². The number of aliphatic hydroxyl groups is 1. The van der Waals surface area contributed by atoms with Crippen LogP contribution in [0.1, 0.15) is 11.5 Å². The Morgan fingerprint density at radius 2 is 2.22 bits per heavy atom. The number of nitrogens with zero attached hydrogens (tertiary/aromatic N) is 1. The van der Waals surface area contributed by atoms with E-state index in [0.29, 0.717) is 17.9 Å². The van der Waals surface area contributed by atoms with Crippen molar-refractivity contribution in [3.05, 3.63) is 40.2 Å². The number of aliphatic imine (C=N–C) groups is 1. The molecule has 0 bridgehead atoms. The van der Waals surface area contributed by atoms with Gasteiger partial charge in [-0.25, -0.2) is 4.99 Å². The summed E-state index contributed by atoms with van der Waals surface area (Å²) in [5, 5.41) is 10.7. The zero-order chi connectivity index (χ0) is 13.0. The lowest BCUT2D eigenvalue weighted by atomic mass is 9.97. The molecule has 0 saturated heterocycles. The fourth-order valence-electron chi connectivity index (χ4n) is 1.74. The maximum Gasteiger partial charge on any atom is 0.0715 e. The van der Waals surface area contributed by atoms with Crippen molar-refractivity contribution < 1.29 is 5.11 Å². The number of anilines is 2. The summed E-state index contributed by atoms with van der Waals surface area (Å²) < 4.78 is 0. The van der Waals surface area contributed by atoms with Crippen LogP contribution in [0.4, 0.5) is 11.4 Å². The molecule has 1 aliphatic heterocycles. The van der Waals surface area contributed by atoms with Gasteiger partial charge in [-0.05, 0) is 35.0 Å². The van der Waals surface area contributed by atoms with Crippen molar-refractivity contribution in [2.45, 2.75) is 5.92 Å². The molecule has 0 fully saturated rings. The van der Waals surface area contributed by atoms with Crippen LogP contribution in [-0.2, 0) is 0 Å². The molecule has 4 nitrogen and oxygen atoms in total. The third-order valence-electron chi connectivity index (χ3n) is 2.60. The lowest BCUT2D eigenvalue weighted by Crippen LogP contribution is -2.01. The molecule has 1 aromatic rings. The summed E-state index contributed by atoms with van der Waals surface area (Å²) in [4.78, 5) is 5.00. The summed E-state index contributed by atoms with van der Waals surface area (Å²) >= 11 is 1.56. The number of hydrogen-bond acceptors (Lipinski definition) is 5. The summed E-state index contributed by atoms with van der Waals surface area (Å²) in [6.07, 6.45) is 2.05. The molecule has 1 aliphatic rings. The molecule has 94 valence electrons. The SMILES string of the molecule is Nc1ccc(N)c(C2C=CSC2=C=NCCO)c1. The Bertz CT molecular complexity index is 533. The molecule has 0 saturated carbocycles. The summed E-state index contributed by atoms with van der Waals surface area (Å²) in [5.74, 6) is 3.02. The van der Waals surface area contributed by atoms with E-state index in [4.69, 9.17) is 16.6 Å². The highest BCUT2D eigenvalue weighted by molar-refractivity contribution is 8.06. The molecule has 5 N–H and O–H groups in total. The largest absolute Gasteiger partial charge is 0.399 e. The Morgan fingerprint density at radius 3 is 3.00 bits per heavy atom. The van der Waals surface area contributed by atoms with Gasteiger partial charge in [0.15, 0.2) is 0 Å². The zero-order valence-corrected chi connectivity index (χ0v) is 10.7. The van der Waals surface area contributed by atoms with Crippen LogP contribution in [0, 0.1) is 0 Å². The molecule has 0 spiro atoms. The van der Waals surface area contributed by atoms with E-state index in [1.165, 1.54) is 0 Å². The van der Waals surface area contributed by atoms with Gasteiger partial charge < -0.3 is 16.6 Å². The normalized spacial score (nSPS) is 17.8. The molecule has 0 radical (unpaired) electrons. The van der Waals surface area contributed by atoms with Gasteiger partial charge in [0.05, 0.1) is 18.1 Å². The minimum absolute atomic E-state index is 0.0312. The van der Waals surface area contributed by atoms with Crippen LogP contribution in [0.5, 0.6) is 0 Å². The van der Waals surface area contributed by atoms with E-state index in [0.717, 1.165) is 10.5 Å². The number of benzene rings is 1. The van der Waals surface area contributed by atoms with E-state index in [1.807, 2.05) is 23.6 Å². The highest BCUT2D eigenvalue weighted by Gasteiger charge is 2.21. The number of rotatable bonds is 3. The molecule has 1 heterocycles. The molecule has 5 heteroatoms. The van der Waals surface area contributed by atoms with Crippen molar-refractivity contribution >= 4 is 29.0 Å². The third-order valence-corrected chi connectivity index (χ3v) is 3.49. The first-order valence-corrected chi connectivity index (χ1v) is 6.48. The molecule has 0 aliphatic carbocycles. The van der Waals surface area contributed by atoms with Gasteiger partial charge in [0, 0.05) is 17.3 Å². The van der Waals surface area contributed by atoms with Gasteiger partial charge in [0.25, 0.3) is 0 Å². The number of thioether (sulfide) groups is 1. The number of nitrogen functional groups attached to an aromatic ring is 2. The fraction of sp³-hybridized carbons (Fsp3) is 0.231. The molecule has 1 aromatic carbocycles. The standard InChI is InChI=1S/C13H15N3OS/c14-9-1-2-12(15)11(7-9)10-3-6-18-13(10)8-16-4-5-17/h1-3,6-7,10,17H,4-5,14-15H2. The molecule has 18 heavy (non-hydrogen) atoms. The van der Waals surface area contributed by atoms with Gasteiger partial charge in [-0.1, -0.05) is 17.8 Å². The second kappa shape index (κ2) is 5.78. The number of aliphatic hydroxyl groups excluding tert-OH is 1. The van der Waals surface area contributed by atoms with Crippen LogP contribution in [0.2, 0.25) is 0 Å². The zero-order valence-electron chi connectivity index (χ0n) is 9.84. The molecule has 0 aromatic heterocycles. The maximum atomic E-state index is 8.70. The van der Waals surface area contributed by atoms with Gasteiger partial charge >= 0.3 is 0 Å². The first-order valence-electron chi connectivity index (χ1n) is 5.61. The predicted molar refractivity (Wildman–Crippen MR) is 77.6 cm³/mol. The van der Waals surface area contributed by atoms with Crippen LogP contribution >= 0.6 is 11.8 Å². The Hall–Kier alpha value is -1.68. The minimum atomic E-state index is 0.0312. The van der Waals surface area contributed by atoms with E-state index in [9.17, 15) is 0 Å². The van der Waals surface area contributed by atoms with Gasteiger partial charge in [-0.15, -0.1) is 0 Å². The van der Waals surface area contributed by atoms with Crippen LogP contribution in [-0.4, -0.2) is 24.1 Å². The lowest BCUT2D eigenvalue weighted by Gasteiger charge is -2.12. The summed E-state index contributed by atoms with van der Waals surface area (Å²) in [5.41, 5.74) is 14.1. The Kier molecular flexibility index (Phi) is 4.10. The quantitative estimate of drug-likeness (QED) is 0.571. The fourth-order valence-corrected chi connectivity index (χ4v) is 2.59. The topological polar surface area (TPSA) is 84.6 Å². The first kappa shape index (κ1) is 12.8. The van der Waals surface area contributed by atoms with E-state index >= 15 is 0 Å². The third kappa shape index (κ3) is 2.76. The van der Waals surface area contributed by atoms with Crippen LogP contribution in [0.15, 0.2) is 39.6 Å². The van der Waals surface area contributed by atoms with Gasteiger partial charge in [0.1, 0.15) is 0 Å². The van der Waals surface area contributed by atoms with Crippen molar-refractivity contribution in [2.75, 3.05) is 24.6 Å². The van der Waals surface area contributed by atoms with Gasteiger partial charge in [-0.2, -0.15) is 0 Å². The Labute approximate surface area is 110 Å². The average Bonchev–Trinajstić information content (AvgIpc) is 2.81. The Morgan fingerprint density at radius 1 is 1.39 bits per heavy atom. The lowest BCUT2D eigenvalue weighted by molar-refractivity contribution is 0.307. The van der Waals surface area contributed by atoms with Crippen LogP contribution in [0.3, 0.4) is 0 Å². The molecule has 0 amide bonds. The highest BCUT2D eigenvalue weighted by atomic mass is 32.2. The molecule has 2 rings (SSSR count). The maximum absolute atomic E-state index is 8.70. The summed E-state index contributed by atoms with van der Waals surface area (Å²) in [7, 11) is 0. The molecular weight excluding hydrogens is 246 g/mol. The van der Waals surface area contributed by atoms with E-state index < -0.39 is 0 Å². The van der Waals surface area contributed by atoms with Crippen molar-refractivity contribution in [1.82, 2.24) is 0 Å². The molecule has 1 unspecified atom stereocenters. The smallest absolute Gasteiger partial charge is 0.0715 e. The van der Waals surface area contributed by atoms with Crippen molar-refractivity contribution in [3.8, 4) is 0 Å². The highest BCUT2D eigenvalue weighted by Crippen LogP contribution is 2.41. The molecule has 1 atom stereocenters. The van der Waals surface area contributed by atoms with Crippen LogP contribution in [0.25, 0.3) is 0 Å². The summed E-state index contributed by atoms with van der Waals surface area (Å²) in [6, 6.07) is 5.47. The van der Waals surface area contributed by atoms with Gasteiger partial charge in [0.2, 0.25) is 0 Å². The minimum Gasteiger partial charge on any atom is -0.399 e. The number of hydrogen-bond donors (Lipinski definition) is 3. The first-order chi connectivity index (χ1) is 8.72. The van der Waals surface area contributed by atoms with Crippen molar-refractivity contribution in [2.24, 2.45) is 4.99 Å². The second-order valence-electron chi connectivity index (χ2n) is 3.89. The van der Waals surface area contributed by atoms with Crippen LogP contribution < -0.4 is 11.5 Å².